The van der Waals surface area contributed by atoms with Gasteiger partial charge in [0, 0.05) is 21.5 Å². The second kappa shape index (κ2) is 11.4. The van der Waals surface area contributed by atoms with Gasteiger partial charge < -0.3 is 0 Å². The molecule has 0 saturated heterocycles. The molecule has 6 aromatic heterocycles. The average molecular weight is 685 g/mol. The first kappa shape index (κ1) is 27.5. The fourth-order valence-corrected chi connectivity index (χ4v) is 18.8. The molecule has 0 aliphatic carbocycles. The van der Waals surface area contributed by atoms with Crippen LogP contribution in [0.2, 0.25) is 0 Å². The Hall–Kier alpha value is 0.640. The lowest BCUT2D eigenvalue weighted by molar-refractivity contribution is 1.11. The summed E-state index contributed by atoms with van der Waals surface area (Å²) in [7, 11) is 0. The zero-order valence-electron chi connectivity index (χ0n) is 21.7. The van der Waals surface area contributed by atoms with Crippen molar-refractivity contribution in [2.24, 2.45) is 0 Å². The number of thioether (sulfide) groups is 4. The summed E-state index contributed by atoms with van der Waals surface area (Å²) in [4.78, 5) is 0. The largest absolute Gasteiger partial charge is 0.131 e. The molecule has 0 aliphatic heterocycles. The number of fused-ring (bicyclic) bond motifs is 2. The summed E-state index contributed by atoms with van der Waals surface area (Å²) in [5.41, 5.74) is 0. The Kier molecular flexibility index (Phi) is 8.23. The molecule has 0 saturated carbocycles. The van der Waals surface area contributed by atoms with Crippen molar-refractivity contribution in [1.29, 1.82) is 0 Å². The lowest BCUT2D eigenvalue weighted by Gasteiger charge is -1.95. The Morgan fingerprint density at radius 2 is 0.579 bits per heavy atom. The van der Waals surface area contributed by atoms with Gasteiger partial charge in [-0.25, -0.2) is 0 Å². The molecule has 0 radical (unpaired) electrons. The van der Waals surface area contributed by atoms with Crippen molar-refractivity contribution in [1.82, 2.24) is 0 Å². The number of hydrogen-bond acceptors (Lipinski definition) is 10. The lowest BCUT2D eigenvalue weighted by Crippen LogP contribution is -1.70. The summed E-state index contributed by atoms with van der Waals surface area (Å²) in [6.07, 6.45) is 4.90. The summed E-state index contributed by atoms with van der Waals surface area (Å²) >= 11 is 21.0. The van der Waals surface area contributed by atoms with Crippen LogP contribution in [-0.4, -0.2) is 23.0 Å². The summed E-state index contributed by atoms with van der Waals surface area (Å²) in [6, 6.07) is 0. The zero-order chi connectivity index (χ0) is 26.0. The van der Waals surface area contributed by atoms with Gasteiger partial charge >= 0.3 is 0 Å². The van der Waals surface area contributed by atoms with Crippen LogP contribution in [0, 0.1) is 0 Å². The number of hydrogen-bond donors (Lipinski definition) is 0. The van der Waals surface area contributed by atoms with E-state index in [0.717, 1.165) is 0 Å². The van der Waals surface area contributed by atoms with Crippen LogP contribution in [-0.2, 0) is 0 Å². The molecule has 0 N–H and O–H groups in total. The third kappa shape index (κ3) is 4.25. The van der Waals surface area contributed by atoms with Crippen molar-refractivity contribution < 1.29 is 0 Å². The van der Waals surface area contributed by atoms with Gasteiger partial charge in [-0.05, 0) is 48.7 Å². The first-order valence-electron chi connectivity index (χ1n) is 13.2. The van der Waals surface area contributed by atoms with Gasteiger partial charge in [-0.15, -0.1) is 115 Å². The normalized spacial score (nSPS) is 12.9. The van der Waals surface area contributed by atoms with Crippen LogP contribution >= 0.6 is 115 Å². The summed E-state index contributed by atoms with van der Waals surface area (Å²) in [5, 5.41) is 6.33. The van der Waals surface area contributed by atoms with E-state index in [0.29, 0.717) is 0 Å². The standard InChI is InChI=1S/C28H28S10/c1-5-9-29-25-21-13-14-19(37-26(22(14)33-21)30-10-6-2)20-16-15-18(17(13)35-25)36-27(31-11-7-3)23(15)34-24(16)28(38-20)32-12-8-4/h5-12H2,1-4H3. The highest BCUT2D eigenvalue weighted by Gasteiger charge is 2.29. The highest BCUT2D eigenvalue weighted by molar-refractivity contribution is 8.03. The maximum absolute atomic E-state index is 2.31. The monoisotopic (exact) mass is 684 g/mol. The van der Waals surface area contributed by atoms with Gasteiger partial charge in [0.1, 0.15) is 0 Å². The molecule has 0 spiro atoms. The zero-order valence-corrected chi connectivity index (χ0v) is 29.9. The topological polar surface area (TPSA) is 0 Å². The van der Waals surface area contributed by atoms with Crippen molar-refractivity contribution >= 4 is 174 Å². The third-order valence-electron chi connectivity index (χ3n) is 6.41. The Bertz CT molecular complexity index is 1610. The molecular formula is C28H28S10. The number of rotatable bonds is 12. The van der Waals surface area contributed by atoms with E-state index in [4.69, 9.17) is 0 Å². The van der Waals surface area contributed by atoms with Gasteiger partial charge in [-0.3, -0.25) is 0 Å². The van der Waals surface area contributed by atoms with Crippen molar-refractivity contribution in [2.45, 2.75) is 70.2 Å². The van der Waals surface area contributed by atoms with Crippen LogP contribution in [0.4, 0.5) is 0 Å². The SMILES string of the molecule is CCCSc1sc2c3sc(SCCC)c4sc5c(SCCC)sc(c6sc(SCCC)c7sc1c2c76)c5c43. The maximum atomic E-state index is 2.31. The van der Waals surface area contributed by atoms with Gasteiger partial charge in [0.2, 0.25) is 0 Å². The molecular weight excluding hydrogens is 657 g/mol. The van der Waals surface area contributed by atoms with Crippen molar-refractivity contribution in [2.75, 3.05) is 23.0 Å². The highest BCUT2D eigenvalue weighted by atomic mass is 32.2. The van der Waals surface area contributed by atoms with Gasteiger partial charge in [0.25, 0.3) is 0 Å². The highest BCUT2D eigenvalue weighted by Crippen LogP contribution is 2.62. The van der Waals surface area contributed by atoms with Crippen LogP contribution < -0.4 is 0 Å². The van der Waals surface area contributed by atoms with Crippen molar-refractivity contribution in [3.05, 3.63) is 0 Å². The second-order valence-corrected chi connectivity index (χ2v) is 20.9. The Morgan fingerprint density at radius 1 is 0.342 bits per heavy atom. The van der Waals surface area contributed by atoms with Gasteiger partial charge in [0.05, 0.1) is 54.4 Å². The van der Waals surface area contributed by atoms with E-state index in [1.54, 1.807) is 76.0 Å². The van der Waals surface area contributed by atoms with Gasteiger partial charge in [-0.2, -0.15) is 0 Å². The van der Waals surface area contributed by atoms with E-state index in [2.05, 4.69) is 143 Å². The molecule has 10 heteroatoms. The predicted octanol–water partition coefficient (Wildman–Crippen LogP) is 14.4. The van der Waals surface area contributed by atoms with Gasteiger partial charge in [-0.1, -0.05) is 27.7 Å². The van der Waals surface area contributed by atoms with E-state index >= 15 is 0 Å². The summed E-state index contributed by atoms with van der Waals surface area (Å²) in [5.74, 6) is 4.82. The first-order chi connectivity index (χ1) is 18.7. The van der Waals surface area contributed by atoms with E-state index in [1.807, 2.05) is 0 Å². The molecule has 0 bridgehead atoms. The van der Waals surface area contributed by atoms with Crippen LogP contribution in [0.15, 0.2) is 16.8 Å². The second-order valence-electron chi connectivity index (χ2n) is 9.29. The number of thiophene rings is 6. The third-order valence-corrected chi connectivity index (χ3v) is 20.9. The summed E-state index contributed by atoms with van der Waals surface area (Å²) < 4.78 is 18.7. The van der Waals surface area contributed by atoms with Crippen molar-refractivity contribution in [3.8, 4) is 0 Å². The molecule has 7 aromatic rings. The predicted molar refractivity (Wildman–Crippen MR) is 194 cm³/mol. The maximum Gasteiger partial charge on any atom is 0.0784 e. The van der Waals surface area contributed by atoms with E-state index in [9.17, 15) is 0 Å². The minimum absolute atomic E-state index is 1.20. The van der Waals surface area contributed by atoms with E-state index < -0.39 is 0 Å². The average Bonchev–Trinajstić information content (AvgIpc) is 3.72. The fraction of sp³-hybridized carbons (Fsp3) is 0.429. The van der Waals surface area contributed by atoms with Crippen molar-refractivity contribution in [3.63, 3.8) is 0 Å². The van der Waals surface area contributed by atoms with Crippen LogP contribution in [0.25, 0.3) is 59.1 Å². The first-order valence-corrected chi connectivity index (χ1v) is 22.1. The smallest absolute Gasteiger partial charge is 0.0784 e. The Labute approximate surface area is 264 Å². The Morgan fingerprint density at radius 3 is 0.789 bits per heavy atom. The summed E-state index contributed by atoms with van der Waals surface area (Å²) in [6.45, 7) is 9.24. The quantitative estimate of drug-likeness (QED) is 0.117. The molecule has 0 fully saturated rings. The molecule has 200 valence electrons. The molecule has 1 aromatic carbocycles. The van der Waals surface area contributed by atoms with E-state index in [-0.39, 0.29) is 0 Å². The molecule has 0 amide bonds. The van der Waals surface area contributed by atoms with Gasteiger partial charge in [0.15, 0.2) is 0 Å². The van der Waals surface area contributed by atoms with Crippen LogP contribution in [0.5, 0.6) is 0 Å². The lowest BCUT2D eigenvalue weighted by atomic mass is 10.1. The minimum atomic E-state index is 1.20. The molecule has 7 rings (SSSR count). The molecule has 0 atom stereocenters. The molecule has 0 nitrogen and oxygen atoms in total. The van der Waals surface area contributed by atoms with Crippen LogP contribution in [0.3, 0.4) is 0 Å². The molecule has 0 aliphatic rings. The fourth-order valence-electron chi connectivity index (χ4n) is 4.86. The van der Waals surface area contributed by atoms with E-state index in [1.165, 1.54) is 48.7 Å². The van der Waals surface area contributed by atoms with Crippen LogP contribution in [0.1, 0.15) is 53.4 Å². The minimum Gasteiger partial charge on any atom is -0.131 e. The molecule has 0 unspecified atom stereocenters. The molecule has 38 heavy (non-hydrogen) atoms. The Balaban J connectivity index is 1.67. The molecule has 6 heterocycles.